The molecule has 2 rings (SSSR count). The highest BCUT2D eigenvalue weighted by atomic mass is 16.5. The fourth-order valence-corrected chi connectivity index (χ4v) is 2.90. The van der Waals surface area contributed by atoms with Crippen LogP contribution in [0.25, 0.3) is 0 Å². The van der Waals surface area contributed by atoms with E-state index in [1.165, 1.54) is 38.6 Å². The molecule has 0 aromatic carbocycles. The first kappa shape index (κ1) is 11.4. The normalized spacial score (nSPS) is 27.0. The van der Waals surface area contributed by atoms with Gasteiger partial charge in [-0.2, -0.15) is 0 Å². The first-order chi connectivity index (χ1) is 7.35. The molecule has 0 unspecified atom stereocenters. The van der Waals surface area contributed by atoms with Crippen LogP contribution in [0.1, 0.15) is 32.1 Å². The molecule has 0 aromatic rings. The molecule has 0 amide bonds. The van der Waals surface area contributed by atoms with Crippen molar-refractivity contribution in [3.05, 3.63) is 0 Å². The van der Waals surface area contributed by atoms with Gasteiger partial charge in [-0.1, -0.05) is 12.8 Å². The van der Waals surface area contributed by atoms with Crippen molar-refractivity contribution in [2.75, 3.05) is 39.4 Å². The van der Waals surface area contributed by atoms with Crippen molar-refractivity contribution in [3.8, 4) is 0 Å². The minimum atomic E-state index is 0.484. The van der Waals surface area contributed by atoms with Crippen molar-refractivity contribution in [1.29, 1.82) is 0 Å². The molecule has 0 radical (unpaired) electrons. The molecule has 0 spiro atoms. The molecule has 1 saturated heterocycles. The molecule has 88 valence electrons. The molecule has 1 heterocycles. The van der Waals surface area contributed by atoms with Crippen molar-refractivity contribution < 1.29 is 4.74 Å². The number of nitrogens with zero attached hydrogens (tertiary/aromatic N) is 1. The molecular formula is C12H24N2O. The maximum Gasteiger partial charge on any atom is 0.0594 e. The molecule has 2 fully saturated rings. The molecule has 1 saturated carbocycles. The molecule has 15 heavy (non-hydrogen) atoms. The summed E-state index contributed by atoms with van der Waals surface area (Å²) < 4.78 is 5.36. The molecule has 2 aliphatic rings. The Balaban J connectivity index is 1.75. The van der Waals surface area contributed by atoms with Gasteiger partial charge in [0, 0.05) is 13.1 Å². The van der Waals surface area contributed by atoms with Gasteiger partial charge in [-0.05, 0) is 37.8 Å². The van der Waals surface area contributed by atoms with E-state index in [2.05, 4.69) is 4.90 Å². The van der Waals surface area contributed by atoms with Crippen molar-refractivity contribution in [3.63, 3.8) is 0 Å². The number of nitrogens with two attached hydrogens (primary N) is 1. The average molecular weight is 212 g/mol. The van der Waals surface area contributed by atoms with Gasteiger partial charge in [-0.15, -0.1) is 0 Å². The minimum Gasteiger partial charge on any atom is -0.379 e. The van der Waals surface area contributed by atoms with E-state index in [9.17, 15) is 0 Å². The first-order valence-electron chi connectivity index (χ1n) is 6.35. The van der Waals surface area contributed by atoms with Crippen LogP contribution in [0.4, 0.5) is 0 Å². The largest absolute Gasteiger partial charge is 0.379 e. The molecule has 3 nitrogen and oxygen atoms in total. The van der Waals surface area contributed by atoms with Gasteiger partial charge in [0.05, 0.1) is 13.2 Å². The summed E-state index contributed by atoms with van der Waals surface area (Å²) in [5, 5.41) is 0. The molecule has 1 aliphatic heterocycles. The van der Waals surface area contributed by atoms with Crippen LogP contribution in [0.3, 0.4) is 0 Å². The molecule has 3 heteroatoms. The maximum atomic E-state index is 5.94. The van der Waals surface area contributed by atoms with Gasteiger partial charge in [0.15, 0.2) is 0 Å². The summed E-state index contributed by atoms with van der Waals surface area (Å²) >= 11 is 0. The Morgan fingerprint density at radius 2 is 1.80 bits per heavy atom. The molecule has 0 bridgehead atoms. The lowest BCUT2D eigenvalue weighted by molar-refractivity contribution is 0.0316. The second-order valence-corrected chi connectivity index (χ2v) is 5.12. The fraction of sp³-hybridized carbons (Fsp3) is 1.00. The Morgan fingerprint density at radius 1 is 1.13 bits per heavy atom. The topological polar surface area (TPSA) is 38.5 Å². The number of ether oxygens (including phenoxy) is 1. The molecule has 2 N–H and O–H groups in total. The van der Waals surface area contributed by atoms with Crippen molar-refractivity contribution in [2.24, 2.45) is 11.1 Å². The highest BCUT2D eigenvalue weighted by Crippen LogP contribution is 2.40. The second-order valence-electron chi connectivity index (χ2n) is 5.12. The van der Waals surface area contributed by atoms with E-state index in [1.807, 2.05) is 0 Å². The smallest absolute Gasteiger partial charge is 0.0594 e. The van der Waals surface area contributed by atoms with Gasteiger partial charge in [0.25, 0.3) is 0 Å². The number of rotatable bonds is 4. The van der Waals surface area contributed by atoms with Crippen LogP contribution < -0.4 is 5.73 Å². The first-order valence-corrected chi connectivity index (χ1v) is 6.35. The third-order valence-electron chi connectivity index (χ3n) is 4.16. The number of hydrogen-bond acceptors (Lipinski definition) is 3. The Labute approximate surface area is 93.0 Å². The Bertz CT molecular complexity index is 184. The van der Waals surface area contributed by atoms with Gasteiger partial charge in [-0.3, -0.25) is 4.90 Å². The summed E-state index contributed by atoms with van der Waals surface area (Å²) in [6.07, 6.45) is 6.78. The van der Waals surface area contributed by atoms with Crippen LogP contribution in [0.5, 0.6) is 0 Å². The van der Waals surface area contributed by atoms with Gasteiger partial charge in [0.2, 0.25) is 0 Å². The van der Waals surface area contributed by atoms with Crippen LogP contribution in [0.15, 0.2) is 0 Å². The lowest BCUT2D eigenvalue weighted by Crippen LogP contribution is -2.40. The van der Waals surface area contributed by atoms with Crippen LogP contribution in [-0.2, 0) is 4.74 Å². The van der Waals surface area contributed by atoms with Crippen molar-refractivity contribution >= 4 is 0 Å². The third-order valence-corrected chi connectivity index (χ3v) is 4.16. The zero-order valence-corrected chi connectivity index (χ0v) is 9.71. The van der Waals surface area contributed by atoms with E-state index in [1.54, 1.807) is 0 Å². The quantitative estimate of drug-likeness (QED) is 0.761. The van der Waals surface area contributed by atoms with E-state index >= 15 is 0 Å². The second kappa shape index (κ2) is 5.28. The van der Waals surface area contributed by atoms with Crippen LogP contribution in [-0.4, -0.2) is 44.3 Å². The summed E-state index contributed by atoms with van der Waals surface area (Å²) in [5.74, 6) is 0. The predicted octanol–water partition coefficient (Wildman–Crippen LogP) is 1.23. The standard InChI is InChI=1S/C12H24N2O/c13-11-12(3-1-2-4-12)5-6-14-7-9-15-10-8-14/h1-11,13H2. The summed E-state index contributed by atoms with van der Waals surface area (Å²) in [4.78, 5) is 2.53. The van der Waals surface area contributed by atoms with E-state index in [0.29, 0.717) is 5.41 Å². The van der Waals surface area contributed by atoms with E-state index in [4.69, 9.17) is 10.5 Å². The van der Waals surface area contributed by atoms with Crippen molar-refractivity contribution in [2.45, 2.75) is 32.1 Å². The van der Waals surface area contributed by atoms with Gasteiger partial charge in [-0.25, -0.2) is 0 Å². The molecule has 1 aliphatic carbocycles. The Hall–Kier alpha value is -0.120. The molecular weight excluding hydrogens is 188 g/mol. The highest BCUT2D eigenvalue weighted by molar-refractivity contribution is 4.86. The van der Waals surface area contributed by atoms with Crippen LogP contribution in [0, 0.1) is 5.41 Å². The maximum absolute atomic E-state index is 5.94. The average Bonchev–Trinajstić information content (AvgIpc) is 2.77. The SMILES string of the molecule is NCC1(CCN2CCOCC2)CCCC1. The van der Waals surface area contributed by atoms with Crippen LogP contribution >= 0.6 is 0 Å². The van der Waals surface area contributed by atoms with Gasteiger partial charge < -0.3 is 10.5 Å². The van der Waals surface area contributed by atoms with Crippen molar-refractivity contribution in [1.82, 2.24) is 4.90 Å². The predicted molar refractivity (Wildman–Crippen MR) is 61.8 cm³/mol. The monoisotopic (exact) mass is 212 g/mol. The summed E-state index contributed by atoms with van der Waals surface area (Å²) in [6, 6.07) is 0. The van der Waals surface area contributed by atoms with Gasteiger partial charge in [0.1, 0.15) is 0 Å². The zero-order valence-electron chi connectivity index (χ0n) is 9.71. The Morgan fingerprint density at radius 3 is 2.40 bits per heavy atom. The highest BCUT2D eigenvalue weighted by Gasteiger charge is 2.32. The van der Waals surface area contributed by atoms with Crippen LogP contribution in [0.2, 0.25) is 0 Å². The van der Waals surface area contributed by atoms with E-state index in [-0.39, 0.29) is 0 Å². The van der Waals surface area contributed by atoms with E-state index in [0.717, 1.165) is 32.8 Å². The summed E-state index contributed by atoms with van der Waals surface area (Å²) in [5.41, 5.74) is 6.43. The molecule has 0 atom stereocenters. The minimum absolute atomic E-state index is 0.484. The lowest BCUT2D eigenvalue weighted by atomic mass is 9.82. The lowest BCUT2D eigenvalue weighted by Gasteiger charge is -2.32. The zero-order chi connectivity index (χ0) is 10.6. The van der Waals surface area contributed by atoms with Gasteiger partial charge >= 0.3 is 0 Å². The van der Waals surface area contributed by atoms with E-state index < -0.39 is 0 Å². The summed E-state index contributed by atoms with van der Waals surface area (Å²) in [7, 11) is 0. The third kappa shape index (κ3) is 2.92. The fourth-order valence-electron chi connectivity index (χ4n) is 2.90. The number of morpholine rings is 1. The molecule has 0 aromatic heterocycles. The summed E-state index contributed by atoms with van der Waals surface area (Å²) in [6.45, 7) is 6.16. The Kier molecular flexibility index (Phi) is 4.00. The number of hydrogen-bond donors (Lipinski definition) is 1.